The number of nitrogens with one attached hydrogen (secondary N) is 2. The number of fused-ring (bicyclic) bond motifs is 1. The van der Waals surface area contributed by atoms with Crippen LogP contribution in [0.3, 0.4) is 0 Å². The zero-order chi connectivity index (χ0) is 27.0. The van der Waals surface area contributed by atoms with E-state index in [0.717, 1.165) is 40.7 Å². The standard InChI is InChI=1S/C29H40N4O4/c1-20(31-24-18-23(35-5)17-22-11-8-14-30-27(22)24)10-9-15-33(28(34)32-29(2,3)4)19-21-12-13-25(36-6)26(16-21)37-7/h8,11-14,16-18,20,31H,9-10,15,19H2,1-7H3,(H,32,34). The van der Waals surface area contributed by atoms with E-state index in [0.29, 0.717) is 24.6 Å². The number of aromatic nitrogens is 1. The molecular weight excluding hydrogens is 468 g/mol. The largest absolute Gasteiger partial charge is 0.497 e. The number of hydrogen-bond donors (Lipinski definition) is 2. The highest BCUT2D eigenvalue weighted by Crippen LogP contribution is 2.29. The molecule has 0 saturated heterocycles. The summed E-state index contributed by atoms with van der Waals surface area (Å²) in [6, 6.07) is 13.7. The molecule has 1 aromatic heterocycles. The minimum atomic E-state index is -0.331. The average Bonchev–Trinajstić information content (AvgIpc) is 2.86. The minimum Gasteiger partial charge on any atom is -0.497 e. The molecule has 1 atom stereocenters. The Morgan fingerprint density at radius 1 is 1.03 bits per heavy atom. The van der Waals surface area contributed by atoms with Crippen LogP contribution >= 0.6 is 0 Å². The van der Waals surface area contributed by atoms with E-state index in [1.54, 1.807) is 27.5 Å². The zero-order valence-corrected chi connectivity index (χ0v) is 23.1. The Morgan fingerprint density at radius 3 is 2.46 bits per heavy atom. The lowest BCUT2D eigenvalue weighted by Crippen LogP contribution is -2.48. The summed E-state index contributed by atoms with van der Waals surface area (Å²) in [7, 11) is 4.89. The van der Waals surface area contributed by atoms with Crippen molar-refractivity contribution in [3.05, 3.63) is 54.2 Å². The molecule has 2 aromatic carbocycles. The quantitative estimate of drug-likeness (QED) is 0.338. The number of carbonyl (C=O) groups excluding carboxylic acids is 1. The van der Waals surface area contributed by atoms with Crippen molar-refractivity contribution in [1.82, 2.24) is 15.2 Å². The second kappa shape index (κ2) is 12.5. The fraction of sp³-hybridized carbons (Fsp3) is 0.448. The molecule has 2 N–H and O–H groups in total. The molecule has 0 saturated carbocycles. The Morgan fingerprint density at radius 2 is 1.78 bits per heavy atom. The van der Waals surface area contributed by atoms with Crippen molar-refractivity contribution in [2.45, 2.75) is 58.7 Å². The first-order valence-electron chi connectivity index (χ1n) is 12.6. The predicted octanol–water partition coefficient (Wildman–Crippen LogP) is 5.85. The Bertz CT molecular complexity index is 1190. The van der Waals surface area contributed by atoms with Crippen LogP contribution in [0.25, 0.3) is 10.9 Å². The van der Waals surface area contributed by atoms with Gasteiger partial charge in [0.05, 0.1) is 32.5 Å². The van der Waals surface area contributed by atoms with E-state index in [9.17, 15) is 4.79 Å². The van der Waals surface area contributed by atoms with Gasteiger partial charge in [-0.3, -0.25) is 4.98 Å². The van der Waals surface area contributed by atoms with Crippen LogP contribution in [0.5, 0.6) is 17.2 Å². The van der Waals surface area contributed by atoms with Crippen molar-refractivity contribution in [2.24, 2.45) is 0 Å². The summed E-state index contributed by atoms with van der Waals surface area (Å²) in [5.74, 6) is 2.10. The number of rotatable bonds is 11. The zero-order valence-electron chi connectivity index (χ0n) is 23.1. The first-order chi connectivity index (χ1) is 17.6. The molecule has 3 rings (SSSR count). The molecule has 0 aliphatic heterocycles. The van der Waals surface area contributed by atoms with Gasteiger partial charge in [0.2, 0.25) is 0 Å². The molecule has 200 valence electrons. The molecule has 0 aliphatic rings. The molecule has 1 heterocycles. The summed E-state index contributed by atoms with van der Waals surface area (Å²) in [6.45, 7) is 9.17. The van der Waals surface area contributed by atoms with Crippen LogP contribution in [0, 0.1) is 0 Å². The molecule has 0 bridgehead atoms. The van der Waals surface area contributed by atoms with Crippen molar-refractivity contribution in [2.75, 3.05) is 33.2 Å². The van der Waals surface area contributed by atoms with Crippen LogP contribution in [0.4, 0.5) is 10.5 Å². The highest BCUT2D eigenvalue weighted by Gasteiger charge is 2.21. The minimum absolute atomic E-state index is 0.0918. The number of urea groups is 1. The van der Waals surface area contributed by atoms with Gasteiger partial charge in [0.15, 0.2) is 11.5 Å². The maximum absolute atomic E-state index is 13.1. The third-order valence-electron chi connectivity index (χ3n) is 5.97. The molecule has 8 heteroatoms. The summed E-state index contributed by atoms with van der Waals surface area (Å²) in [6.07, 6.45) is 3.50. The maximum atomic E-state index is 13.1. The SMILES string of the molecule is COc1cc(NC(C)CCCN(Cc2ccc(OC)c(OC)c2)C(=O)NC(C)(C)C)c2ncccc2c1. The van der Waals surface area contributed by atoms with Crippen molar-refractivity contribution in [3.8, 4) is 17.2 Å². The lowest BCUT2D eigenvalue weighted by molar-refractivity contribution is 0.184. The molecule has 0 radical (unpaired) electrons. The van der Waals surface area contributed by atoms with Gasteiger partial charge in [0.1, 0.15) is 5.75 Å². The van der Waals surface area contributed by atoms with Crippen molar-refractivity contribution >= 4 is 22.6 Å². The number of ether oxygens (including phenoxy) is 3. The Hall–Kier alpha value is -3.68. The molecule has 0 fully saturated rings. The molecule has 1 unspecified atom stereocenters. The molecule has 0 aliphatic carbocycles. The molecule has 2 amide bonds. The third-order valence-corrected chi connectivity index (χ3v) is 5.97. The topological polar surface area (TPSA) is 85.0 Å². The average molecular weight is 509 g/mol. The number of hydrogen-bond acceptors (Lipinski definition) is 6. The van der Waals surface area contributed by atoms with E-state index in [1.165, 1.54) is 0 Å². The van der Waals surface area contributed by atoms with Gasteiger partial charge >= 0.3 is 6.03 Å². The monoisotopic (exact) mass is 508 g/mol. The van der Waals surface area contributed by atoms with Crippen LogP contribution in [0.2, 0.25) is 0 Å². The summed E-state index contributed by atoms with van der Waals surface area (Å²) < 4.78 is 16.3. The fourth-order valence-electron chi connectivity index (χ4n) is 4.17. The molecule has 0 spiro atoms. The maximum Gasteiger partial charge on any atom is 0.318 e. The second-order valence-electron chi connectivity index (χ2n) is 10.2. The van der Waals surface area contributed by atoms with E-state index in [4.69, 9.17) is 14.2 Å². The first kappa shape index (κ1) is 27.9. The second-order valence-corrected chi connectivity index (χ2v) is 10.2. The summed E-state index contributed by atoms with van der Waals surface area (Å²) in [5, 5.41) is 7.71. The Balaban J connectivity index is 1.68. The molecule has 37 heavy (non-hydrogen) atoms. The van der Waals surface area contributed by atoms with Gasteiger partial charge in [0, 0.05) is 42.3 Å². The van der Waals surface area contributed by atoms with Crippen LogP contribution in [0.1, 0.15) is 46.1 Å². The summed E-state index contributed by atoms with van der Waals surface area (Å²) >= 11 is 0. The van der Waals surface area contributed by atoms with E-state index < -0.39 is 0 Å². The van der Waals surface area contributed by atoms with E-state index >= 15 is 0 Å². The van der Waals surface area contributed by atoms with Crippen LogP contribution < -0.4 is 24.8 Å². The molecular formula is C29H40N4O4. The Kier molecular flexibility index (Phi) is 9.44. The van der Waals surface area contributed by atoms with Gasteiger partial charge in [-0.2, -0.15) is 0 Å². The number of benzene rings is 2. The Labute approximate surface area is 220 Å². The first-order valence-corrected chi connectivity index (χ1v) is 12.6. The van der Waals surface area contributed by atoms with Gasteiger partial charge in [0.25, 0.3) is 0 Å². The highest BCUT2D eigenvalue weighted by atomic mass is 16.5. The number of amides is 2. The summed E-state index contributed by atoms with van der Waals surface area (Å²) in [4.78, 5) is 19.5. The van der Waals surface area contributed by atoms with E-state index in [1.807, 2.05) is 68.1 Å². The van der Waals surface area contributed by atoms with Crippen molar-refractivity contribution < 1.29 is 19.0 Å². The fourth-order valence-corrected chi connectivity index (χ4v) is 4.17. The number of anilines is 1. The van der Waals surface area contributed by atoms with Gasteiger partial charge < -0.3 is 29.7 Å². The van der Waals surface area contributed by atoms with Crippen molar-refractivity contribution in [3.63, 3.8) is 0 Å². The van der Waals surface area contributed by atoms with Gasteiger partial charge in [-0.15, -0.1) is 0 Å². The normalized spacial score (nSPS) is 12.1. The number of pyridine rings is 1. The highest BCUT2D eigenvalue weighted by molar-refractivity contribution is 5.91. The smallest absolute Gasteiger partial charge is 0.318 e. The van der Waals surface area contributed by atoms with E-state index in [2.05, 4.69) is 22.5 Å². The number of nitrogens with zero attached hydrogens (tertiary/aromatic N) is 2. The van der Waals surface area contributed by atoms with E-state index in [-0.39, 0.29) is 17.6 Å². The number of methoxy groups -OCH3 is 3. The van der Waals surface area contributed by atoms with Crippen LogP contribution in [0.15, 0.2) is 48.7 Å². The van der Waals surface area contributed by atoms with Gasteiger partial charge in [-0.1, -0.05) is 12.1 Å². The van der Waals surface area contributed by atoms with Crippen LogP contribution in [-0.4, -0.2) is 55.4 Å². The van der Waals surface area contributed by atoms with Crippen molar-refractivity contribution in [1.29, 1.82) is 0 Å². The summed E-state index contributed by atoms with van der Waals surface area (Å²) in [5.41, 5.74) is 2.49. The van der Waals surface area contributed by atoms with Crippen LogP contribution in [-0.2, 0) is 6.54 Å². The van der Waals surface area contributed by atoms with Gasteiger partial charge in [-0.05, 0) is 70.4 Å². The lowest BCUT2D eigenvalue weighted by Gasteiger charge is -2.29. The predicted molar refractivity (Wildman–Crippen MR) is 149 cm³/mol. The number of carbonyl (C=O) groups is 1. The third kappa shape index (κ3) is 7.90. The molecule has 3 aromatic rings. The molecule has 8 nitrogen and oxygen atoms in total. The lowest BCUT2D eigenvalue weighted by atomic mass is 10.1. The van der Waals surface area contributed by atoms with Gasteiger partial charge in [-0.25, -0.2) is 4.79 Å².